The van der Waals surface area contributed by atoms with Crippen molar-refractivity contribution in [3.63, 3.8) is 0 Å². The van der Waals surface area contributed by atoms with E-state index in [-0.39, 0.29) is 29.7 Å². The Balaban J connectivity index is 1.60. The van der Waals surface area contributed by atoms with Crippen molar-refractivity contribution in [3.8, 4) is 11.5 Å². The Morgan fingerprint density at radius 2 is 1.96 bits per heavy atom. The summed E-state index contributed by atoms with van der Waals surface area (Å²) in [5.74, 6) is -1.05. The Morgan fingerprint density at radius 1 is 1.22 bits per heavy atom. The Bertz CT molecular complexity index is 880. The summed E-state index contributed by atoms with van der Waals surface area (Å²) in [6, 6.07) is 13.8. The number of nitrogens with one attached hydrogen (secondary N) is 1. The maximum absolute atomic E-state index is 12.4. The first kappa shape index (κ1) is 18.4. The minimum absolute atomic E-state index is 0.0592. The Labute approximate surface area is 156 Å². The van der Waals surface area contributed by atoms with Crippen LogP contribution < -0.4 is 5.43 Å². The molecule has 2 amide bonds. The van der Waals surface area contributed by atoms with Gasteiger partial charge in [-0.2, -0.15) is 5.10 Å². The molecule has 2 aromatic rings. The molecule has 1 aliphatic heterocycles. The SMILES string of the molecule is C/C(=N\NC(=O)C1CC(=O)N(Cc2ccccc2)C1)c1ccc(O)cc1O. The lowest BCUT2D eigenvalue weighted by Gasteiger charge is -2.16. The van der Waals surface area contributed by atoms with Gasteiger partial charge < -0.3 is 15.1 Å². The first-order valence-corrected chi connectivity index (χ1v) is 8.62. The molecule has 1 aliphatic rings. The number of amides is 2. The van der Waals surface area contributed by atoms with E-state index < -0.39 is 5.92 Å². The third-order valence-corrected chi connectivity index (χ3v) is 4.51. The highest BCUT2D eigenvalue weighted by Gasteiger charge is 2.34. The molecule has 27 heavy (non-hydrogen) atoms. The lowest BCUT2D eigenvalue weighted by atomic mass is 10.1. The minimum atomic E-state index is -0.467. The van der Waals surface area contributed by atoms with E-state index in [1.54, 1.807) is 11.8 Å². The van der Waals surface area contributed by atoms with E-state index in [1.165, 1.54) is 18.2 Å². The molecule has 0 aliphatic carbocycles. The zero-order valence-corrected chi connectivity index (χ0v) is 14.9. The molecule has 1 heterocycles. The van der Waals surface area contributed by atoms with E-state index in [4.69, 9.17) is 0 Å². The Hall–Kier alpha value is -3.35. The van der Waals surface area contributed by atoms with E-state index in [0.717, 1.165) is 5.56 Å². The first-order valence-electron chi connectivity index (χ1n) is 8.62. The van der Waals surface area contributed by atoms with Crippen LogP contribution in [0, 0.1) is 5.92 Å². The van der Waals surface area contributed by atoms with E-state index >= 15 is 0 Å². The van der Waals surface area contributed by atoms with Gasteiger partial charge in [-0.15, -0.1) is 0 Å². The summed E-state index contributed by atoms with van der Waals surface area (Å²) in [5.41, 5.74) is 4.28. The van der Waals surface area contributed by atoms with Crippen molar-refractivity contribution in [1.82, 2.24) is 10.3 Å². The van der Waals surface area contributed by atoms with Crippen LogP contribution in [0.15, 0.2) is 53.6 Å². The normalized spacial score (nSPS) is 17.2. The van der Waals surface area contributed by atoms with Crippen molar-refractivity contribution in [2.75, 3.05) is 6.54 Å². The third kappa shape index (κ3) is 4.44. The van der Waals surface area contributed by atoms with Crippen LogP contribution in [0.25, 0.3) is 0 Å². The molecule has 2 aromatic carbocycles. The third-order valence-electron chi connectivity index (χ3n) is 4.51. The second-order valence-corrected chi connectivity index (χ2v) is 6.54. The van der Waals surface area contributed by atoms with Crippen molar-refractivity contribution in [1.29, 1.82) is 0 Å². The molecule has 0 radical (unpaired) electrons. The highest BCUT2D eigenvalue weighted by molar-refractivity contribution is 6.01. The lowest BCUT2D eigenvalue weighted by molar-refractivity contribution is -0.129. The van der Waals surface area contributed by atoms with E-state index in [1.807, 2.05) is 30.3 Å². The Kier molecular flexibility index (Phi) is 5.40. The van der Waals surface area contributed by atoms with Crippen LogP contribution in [0.3, 0.4) is 0 Å². The van der Waals surface area contributed by atoms with Crippen LogP contribution in [-0.4, -0.2) is 39.2 Å². The number of rotatable bonds is 5. The van der Waals surface area contributed by atoms with Gasteiger partial charge in [0.1, 0.15) is 11.5 Å². The van der Waals surface area contributed by atoms with Gasteiger partial charge in [-0.1, -0.05) is 30.3 Å². The number of phenolic OH excluding ortho intramolecular Hbond substituents is 2. The summed E-state index contributed by atoms with van der Waals surface area (Å²) in [4.78, 5) is 26.2. The number of hydrogen-bond donors (Lipinski definition) is 3. The predicted molar refractivity (Wildman–Crippen MR) is 100 cm³/mol. The number of nitrogens with zero attached hydrogens (tertiary/aromatic N) is 2. The fourth-order valence-electron chi connectivity index (χ4n) is 3.02. The van der Waals surface area contributed by atoms with Crippen molar-refractivity contribution in [2.24, 2.45) is 11.0 Å². The molecule has 0 bridgehead atoms. The predicted octanol–water partition coefficient (Wildman–Crippen LogP) is 1.99. The molecular formula is C20H21N3O4. The van der Waals surface area contributed by atoms with Crippen molar-refractivity contribution >= 4 is 17.5 Å². The zero-order chi connectivity index (χ0) is 19.4. The van der Waals surface area contributed by atoms with Gasteiger partial charge in [-0.25, -0.2) is 5.43 Å². The van der Waals surface area contributed by atoms with Crippen molar-refractivity contribution in [2.45, 2.75) is 19.9 Å². The average molecular weight is 367 g/mol. The fourth-order valence-corrected chi connectivity index (χ4v) is 3.02. The maximum atomic E-state index is 12.4. The number of hydrazone groups is 1. The zero-order valence-electron chi connectivity index (χ0n) is 14.9. The molecule has 140 valence electrons. The standard InChI is InChI=1S/C20H21N3O4/c1-13(17-8-7-16(24)10-18(17)25)21-22-20(27)15-9-19(26)23(12-15)11-14-5-3-2-4-6-14/h2-8,10,15,24-25H,9,11-12H2,1H3,(H,22,27)/b21-13+. The molecule has 3 N–H and O–H groups in total. The van der Waals surface area contributed by atoms with Gasteiger partial charge in [-0.3, -0.25) is 9.59 Å². The molecule has 0 saturated carbocycles. The molecule has 1 atom stereocenters. The maximum Gasteiger partial charge on any atom is 0.245 e. The van der Waals surface area contributed by atoms with Gasteiger partial charge in [0.05, 0.1) is 11.6 Å². The monoisotopic (exact) mass is 367 g/mol. The molecule has 3 rings (SSSR count). The highest BCUT2D eigenvalue weighted by Crippen LogP contribution is 2.23. The van der Waals surface area contributed by atoms with Crippen molar-refractivity contribution < 1.29 is 19.8 Å². The summed E-state index contributed by atoms with van der Waals surface area (Å²) >= 11 is 0. The molecule has 1 saturated heterocycles. The summed E-state index contributed by atoms with van der Waals surface area (Å²) in [6.45, 7) is 2.46. The van der Waals surface area contributed by atoms with Crippen LogP contribution in [-0.2, 0) is 16.1 Å². The van der Waals surface area contributed by atoms with Gasteiger partial charge in [0.25, 0.3) is 0 Å². The van der Waals surface area contributed by atoms with Gasteiger partial charge >= 0.3 is 0 Å². The van der Waals surface area contributed by atoms with Gasteiger partial charge in [0, 0.05) is 31.1 Å². The number of carbonyl (C=O) groups is 2. The summed E-state index contributed by atoms with van der Waals surface area (Å²) < 4.78 is 0. The van der Waals surface area contributed by atoms with Gasteiger partial charge in [0.15, 0.2) is 0 Å². The van der Waals surface area contributed by atoms with Crippen LogP contribution in [0.4, 0.5) is 0 Å². The van der Waals surface area contributed by atoms with E-state index in [2.05, 4.69) is 10.5 Å². The fraction of sp³-hybridized carbons (Fsp3) is 0.250. The first-order chi connectivity index (χ1) is 12.9. The molecule has 1 fully saturated rings. The van der Waals surface area contributed by atoms with E-state index in [9.17, 15) is 19.8 Å². The highest BCUT2D eigenvalue weighted by atomic mass is 16.3. The van der Waals surface area contributed by atoms with Crippen LogP contribution >= 0.6 is 0 Å². The molecule has 0 spiro atoms. The lowest BCUT2D eigenvalue weighted by Crippen LogP contribution is -2.30. The summed E-state index contributed by atoms with van der Waals surface area (Å²) in [7, 11) is 0. The summed E-state index contributed by atoms with van der Waals surface area (Å²) in [6.07, 6.45) is 0.150. The van der Waals surface area contributed by atoms with Gasteiger partial charge in [0.2, 0.25) is 11.8 Å². The second-order valence-electron chi connectivity index (χ2n) is 6.54. The smallest absolute Gasteiger partial charge is 0.245 e. The number of phenols is 2. The minimum Gasteiger partial charge on any atom is -0.508 e. The molecule has 0 aromatic heterocycles. The summed E-state index contributed by atoms with van der Waals surface area (Å²) in [5, 5.41) is 23.2. The van der Waals surface area contributed by atoms with Crippen LogP contribution in [0.1, 0.15) is 24.5 Å². The second kappa shape index (κ2) is 7.90. The Morgan fingerprint density at radius 3 is 2.67 bits per heavy atom. The molecule has 1 unspecified atom stereocenters. The van der Waals surface area contributed by atoms with Crippen molar-refractivity contribution in [3.05, 3.63) is 59.7 Å². The quantitative estimate of drug-likeness (QED) is 0.555. The average Bonchev–Trinajstić information content (AvgIpc) is 3.01. The van der Waals surface area contributed by atoms with Crippen LogP contribution in [0.2, 0.25) is 0 Å². The van der Waals surface area contributed by atoms with Gasteiger partial charge in [-0.05, 0) is 24.6 Å². The van der Waals surface area contributed by atoms with Crippen LogP contribution in [0.5, 0.6) is 11.5 Å². The number of likely N-dealkylation sites (tertiary alicyclic amines) is 1. The number of aromatic hydroxyl groups is 2. The molecule has 7 heteroatoms. The largest absolute Gasteiger partial charge is 0.508 e. The topological polar surface area (TPSA) is 102 Å². The van der Waals surface area contributed by atoms with E-state index in [0.29, 0.717) is 24.4 Å². The number of benzene rings is 2. The number of hydrogen-bond acceptors (Lipinski definition) is 5. The number of carbonyl (C=O) groups excluding carboxylic acids is 2. The molecular weight excluding hydrogens is 346 g/mol. The molecule has 7 nitrogen and oxygen atoms in total.